The summed E-state index contributed by atoms with van der Waals surface area (Å²) < 4.78 is 8.65. The number of piperidine rings is 1. The quantitative estimate of drug-likeness (QED) is 0.181. The number of fused-ring (bicyclic) bond motifs is 4. The first-order valence-electron chi connectivity index (χ1n) is 18.4. The van der Waals surface area contributed by atoms with Crippen molar-refractivity contribution < 1.29 is 14.6 Å². The number of pyridine rings is 1. The van der Waals surface area contributed by atoms with Gasteiger partial charge in [0.1, 0.15) is 17.4 Å². The molecule has 1 unspecified atom stereocenters. The van der Waals surface area contributed by atoms with E-state index in [9.17, 15) is 9.90 Å². The molecule has 1 saturated heterocycles. The first-order chi connectivity index (χ1) is 24.2. The summed E-state index contributed by atoms with van der Waals surface area (Å²) in [4.78, 5) is 32.4. The van der Waals surface area contributed by atoms with Gasteiger partial charge in [-0.15, -0.1) is 0 Å². The van der Waals surface area contributed by atoms with Crippen molar-refractivity contribution in [1.29, 1.82) is 0 Å². The van der Waals surface area contributed by atoms with E-state index in [0.29, 0.717) is 11.3 Å². The molecule has 0 aliphatic carbocycles. The van der Waals surface area contributed by atoms with Crippen LogP contribution in [0.25, 0.3) is 33.1 Å². The SMILES string of the molecule is CCn1c2ccc(C)cc2c2ncnc(N3CCc4cc(-c5c(C)nc(C)c(C(OC(C)(C)C)C(=O)O)c5N5CCC(C)(C)CC5)ccc4C3)c21. The third-order valence-corrected chi connectivity index (χ3v) is 10.9. The van der Waals surface area contributed by atoms with Crippen molar-refractivity contribution in [2.24, 2.45) is 5.41 Å². The fourth-order valence-corrected chi connectivity index (χ4v) is 8.21. The predicted octanol–water partition coefficient (Wildman–Crippen LogP) is 8.72. The molecular weight excluding hydrogens is 637 g/mol. The molecule has 1 N–H and O–H groups in total. The zero-order chi connectivity index (χ0) is 36.4. The fourth-order valence-electron chi connectivity index (χ4n) is 8.21. The molecule has 268 valence electrons. The molecular formula is C42H52N6O3. The zero-order valence-electron chi connectivity index (χ0n) is 31.7. The number of hydrogen-bond acceptors (Lipinski definition) is 7. The smallest absolute Gasteiger partial charge is 0.337 e. The van der Waals surface area contributed by atoms with Crippen LogP contribution in [0.3, 0.4) is 0 Å². The van der Waals surface area contributed by atoms with E-state index in [4.69, 9.17) is 19.7 Å². The molecule has 0 bridgehead atoms. The Hall–Kier alpha value is -4.50. The second kappa shape index (κ2) is 12.9. The van der Waals surface area contributed by atoms with Gasteiger partial charge in [0.2, 0.25) is 0 Å². The lowest BCUT2D eigenvalue weighted by molar-refractivity contribution is -0.160. The molecule has 9 heteroatoms. The molecule has 51 heavy (non-hydrogen) atoms. The molecule has 1 atom stereocenters. The lowest BCUT2D eigenvalue weighted by atomic mass is 9.81. The largest absolute Gasteiger partial charge is 0.479 e. The van der Waals surface area contributed by atoms with E-state index in [2.05, 4.69) is 85.4 Å². The summed E-state index contributed by atoms with van der Waals surface area (Å²) >= 11 is 0. The van der Waals surface area contributed by atoms with Crippen LogP contribution in [-0.2, 0) is 29.0 Å². The lowest BCUT2D eigenvalue weighted by Gasteiger charge is -2.41. The van der Waals surface area contributed by atoms with E-state index in [1.165, 1.54) is 27.6 Å². The minimum atomic E-state index is -1.14. The normalized spacial score (nSPS) is 16.9. The average Bonchev–Trinajstić information content (AvgIpc) is 3.39. The van der Waals surface area contributed by atoms with Gasteiger partial charge in [-0.25, -0.2) is 14.8 Å². The number of anilines is 2. The summed E-state index contributed by atoms with van der Waals surface area (Å²) in [5.41, 5.74) is 12.0. The molecule has 2 aliphatic rings. The third kappa shape index (κ3) is 6.45. The van der Waals surface area contributed by atoms with Crippen molar-refractivity contribution in [2.75, 3.05) is 29.4 Å². The highest BCUT2D eigenvalue weighted by Gasteiger charge is 2.37. The van der Waals surface area contributed by atoms with Gasteiger partial charge in [0.25, 0.3) is 0 Å². The molecule has 2 aromatic carbocycles. The second-order valence-corrected chi connectivity index (χ2v) is 16.3. The van der Waals surface area contributed by atoms with E-state index < -0.39 is 17.7 Å². The predicted molar refractivity (Wildman–Crippen MR) is 206 cm³/mol. The van der Waals surface area contributed by atoms with Crippen molar-refractivity contribution in [2.45, 2.75) is 106 Å². The number of rotatable bonds is 7. The van der Waals surface area contributed by atoms with Gasteiger partial charge in [-0.3, -0.25) is 4.98 Å². The number of aliphatic carboxylic acids is 1. The van der Waals surface area contributed by atoms with Crippen molar-refractivity contribution in [1.82, 2.24) is 19.5 Å². The van der Waals surface area contributed by atoms with Crippen LogP contribution in [0.1, 0.15) is 94.1 Å². The third-order valence-electron chi connectivity index (χ3n) is 10.9. The number of hydrogen-bond donors (Lipinski definition) is 1. The molecule has 9 nitrogen and oxygen atoms in total. The Morgan fingerprint density at radius 3 is 2.39 bits per heavy atom. The number of carboxylic acid groups (broad SMARTS) is 1. The molecule has 5 aromatic rings. The maximum Gasteiger partial charge on any atom is 0.337 e. The molecule has 1 fully saturated rings. The van der Waals surface area contributed by atoms with E-state index in [1.807, 2.05) is 27.7 Å². The van der Waals surface area contributed by atoms with Crippen LogP contribution in [0.5, 0.6) is 0 Å². The standard InChI is InChI=1S/C42H52N6O3/c1-10-48-32-14-11-25(2)21-31(32)35-37(48)39(44-24-43-35)47-18-15-28-22-29(12-13-30(28)23-47)33-26(3)45-27(4)34(38(40(49)50)51-41(5,6)7)36(33)46-19-16-42(8,9)17-20-46/h11-14,21-22,24,38H,10,15-20,23H2,1-9H3,(H,49,50). The summed E-state index contributed by atoms with van der Waals surface area (Å²) in [6.07, 6.45) is 3.48. The number of ether oxygens (including phenoxy) is 1. The molecule has 0 radical (unpaired) electrons. The molecule has 0 spiro atoms. The Kier molecular flexibility index (Phi) is 8.85. The van der Waals surface area contributed by atoms with Gasteiger partial charge < -0.3 is 24.2 Å². The maximum absolute atomic E-state index is 12.9. The highest BCUT2D eigenvalue weighted by Crippen LogP contribution is 2.45. The van der Waals surface area contributed by atoms with Crippen LogP contribution >= 0.6 is 0 Å². The highest BCUT2D eigenvalue weighted by molar-refractivity contribution is 6.09. The number of nitrogens with zero attached hydrogens (tertiary/aromatic N) is 6. The van der Waals surface area contributed by atoms with Crippen LogP contribution in [0.15, 0.2) is 42.7 Å². The summed E-state index contributed by atoms with van der Waals surface area (Å²) in [6, 6.07) is 13.4. The van der Waals surface area contributed by atoms with Gasteiger partial charge >= 0.3 is 5.97 Å². The number of benzene rings is 2. The van der Waals surface area contributed by atoms with E-state index in [-0.39, 0.29) is 5.41 Å². The Morgan fingerprint density at radius 2 is 1.71 bits per heavy atom. The van der Waals surface area contributed by atoms with Gasteiger partial charge in [-0.05, 0) is 102 Å². The molecule has 0 saturated carbocycles. The topological polar surface area (TPSA) is 96.6 Å². The van der Waals surface area contributed by atoms with E-state index in [1.54, 1.807) is 6.33 Å². The Labute approximate surface area is 301 Å². The average molecular weight is 689 g/mol. The summed E-state index contributed by atoms with van der Waals surface area (Å²) in [7, 11) is 0. The van der Waals surface area contributed by atoms with Crippen LogP contribution in [0, 0.1) is 26.2 Å². The molecule has 2 aliphatic heterocycles. The molecule has 5 heterocycles. The maximum atomic E-state index is 12.9. The molecule has 7 rings (SSSR count). The second-order valence-electron chi connectivity index (χ2n) is 16.3. The summed E-state index contributed by atoms with van der Waals surface area (Å²) in [5, 5.41) is 11.8. The Morgan fingerprint density at radius 1 is 0.961 bits per heavy atom. The zero-order valence-corrected chi connectivity index (χ0v) is 31.7. The van der Waals surface area contributed by atoms with Gasteiger partial charge in [-0.2, -0.15) is 0 Å². The molecule has 3 aromatic heterocycles. The fraction of sp³-hybridized carbons (Fsp3) is 0.476. The van der Waals surface area contributed by atoms with Gasteiger partial charge in [0.05, 0.1) is 16.8 Å². The number of aryl methyl sites for hydroxylation is 4. The van der Waals surface area contributed by atoms with E-state index >= 15 is 0 Å². The van der Waals surface area contributed by atoms with Gasteiger partial charge in [0, 0.05) is 60.6 Å². The van der Waals surface area contributed by atoms with Crippen LogP contribution in [0.4, 0.5) is 11.5 Å². The monoisotopic (exact) mass is 688 g/mol. The van der Waals surface area contributed by atoms with Crippen LogP contribution in [-0.4, -0.2) is 55.8 Å². The highest BCUT2D eigenvalue weighted by atomic mass is 16.5. The van der Waals surface area contributed by atoms with Crippen LogP contribution < -0.4 is 9.80 Å². The van der Waals surface area contributed by atoms with Crippen molar-refractivity contribution in [3.8, 4) is 11.1 Å². The number of carbonyl (C=O) groups is 1. The van der Waals surface area contributed by atoms with Crippen molar-refractivity contribution >= 4 is 39.4 Å². The first-order valence-corrected chi connectivity index (χ1v) is 18.4. The van der Waals surface area contributed by atoms with Crippen molar-refractivity contribution in [3.05, 3.63) is 76.4 Å². The minimum Gasteiger partial charge on any atom is -0.479 e. The van der Waals surface area contributed by atoms with Crippen molar-refractivity contribution in [3.63, 3.8) is 0 Å². The van der Waals surface area contributed by atoms with Crippen LogP contribution in [0.2, 0.25) is 0 Å². The molecule has 0 amide bonds. The Balaban J connectivity index is 1.31. The lowest BCUT2D eigenvalue weighted by Crippen LogP contribution is -2.39. The first kappa shape index (κ1) is 34.9. The number of carboxylic acids is 1. The summed E-state index contributed by atoms with van der Waals surface area (Å²) in [5.74, 6) is -0.0210. The Bertz CT molecular complexity index is 2150. The summed E-state index contributed by atoms with van der Waals surface area (Å²) in [6.45, 7) is 22.8. The van der Waals surface area contributed by atoms with Gasteiger partial charge in [0.15, 0.2) is 11.9 Å². The minimum absolute atomic E-state index is 0.236. The number of aromatic nitrogens is 4. The van der Waals surface area contributed by atoms with Gasteiger partial charge in [-0.1, -0.05) is 43.7 Å². The van der Waals surface area contributed by atoms with E-state index in [0.717, 1.165) is 91.3 Å².